The van der Waals surface area contributed by atoms with E-state index in [1.165, 1.54) is 11.1 Å². The van der Waals surface area contributed by atoms with Gasteiger partial charge in [-0.2, -0.15) is 0 Å². The van der Waals surface area contributed by atoms with Crippen molar-refractivity contribution in [1.82, 2.24) is 14.8 Å². The second kappa shape index (κ2) is 9.78. The maximum absolute atomic E-state index is 5.46. The number of benzene rings is 3. The van der Waals surface area contributed by atoms with E-state index in [9.17, 15) is 0 Å². The van der Waals surface area contributed by atoms with Crippen molar-refractivity contribution in [3.63, 3.8) is 0 Å². The van der Waals surface area contributed by atoms with Crippen LogP contribution in [-0.2, 0) is 5.75 Å². The van der Waals surface area contributed by atoms with Crippen LogP contribution in [0.25, 0.3) is 17.1 Å². The van der Waals surface area contributed by atoms with Gasteiger partial charge < -0.3 is 14.2 Å². The van der Waals surface area contributed by atoms with Crippen LogP contribution in [-0.4, -0.2) is 36.1 Å². The van der Waals surface area contributed by atoms with E-state index >= 15 is 0 Å². The third kappa shape index (κ3) is 4.73. The van der Waals surface area contributed by atoms with Gasteiger partial charge >= 0.3 is 0 Å². The van der Waals surface area contributed by atoms with Crippen molar-refractivity contribution in [3.05, 3.63) is 77.9 Å². The Morgan fingerprint density at radius 3 is 2.09 bits per heavy atom. The van der Waals surface area contributed by atoms with Gasteiger partial charge in [0.1, 0.15) is 17.2 Å². The largest absolute Gasteiger partial charge is 0.497 e. The van der Waals surface area contributed by atoms with Gasteiger partial charge in [0.25, 0.3) is 0 Å². The van der Waals surface area contributed by atoms with Gasteiger partial charge in [0, 0.05) is 23.1 Å². The number of thioether (sulfide) groups is 1. The molecule has 0 unspecified atom stereocenters. The molecule has 4 rings (SSSR count). The lowest BCUT2D eigenvalue weighted by Gasteiger charge is -2.13. The first-order valence-corrected chi connectivity index (χ1v) is 11.1. The highest BCUT2D eigenvalue weighted by atomic mass is 32.2. The van der Waals surface area contributed by atoms with Crippen molar-refractivity contribution in [1.29, 1.82) is 0 Å². The lowest BCUT2D eigenvalue weighted by molar-refractivity contribution is 0.394. The van der Waals surface area contributed by atoms with Crippen LogP contribution in [0.5, 0.6) is 17.2 Å². The van der Waals surface area contributed by atoms with Crippen LogP contribution in [0.1, 0.15) is 11.1 Å². The zero-order valence-corrected chi connectivity index (χ0v) is 19.3. The Balaban J connectivity index is 1.78. The van der Waals surface area contributed by atoms with Crippen molar-refractivity contribution in [2.75, 3.05) is 21.3 Å². The van der Waals surface area contributed by atoms with E-state index < -0.39 is 0 Å². The summed E-state index contributed by atoms with van der Waals surface area (Å²) in [6.45, 7) is 2.10. The van der Waals surface area contributed by atoms with Gasteiger partial charge in [0.05, 0.1) is 21.3 Å². The van der Waals surface area contributed by atoms with Gasteiger partial charge in [-0.1, -0.05) is 41.6 Å². The van der Waals surface area contributed by atoms with Crippen molar-refractivity contribution >= 4 is 11.8 Å². The molecule has 0 aliphatic rings. The van der Waals surface area contributed by atoms with E-state index in [4.69, 9.17) is 14.2 Å². The SMILES string of the molecule is COc1ccc(-n2c(SCc3cccc(C)c3)nnc2-c2cc(OC)cc(OC)c2)cc1. The average Bonchev–Trinajstić information content (AvgIpc) is 3.26. The lowest BCUT2D eigenvalue weighted by Crippen LogP contribution is -2.00. The topological polar surface area (TPSA) is 58.4 Å². The lowest BCUT2D eigenvalue weighted by atomic mass is 10.1. The number of nitrogens with zero attached hydrogens (tertiary/aromatic N) is 3. The first-order valence-electron chi connectivity index (χ1n) is 10.1. The highest BCUT2D eigenvalue weighted by Gasteiger charge is 2.18. The molecule has 0 aliphatic heterocycles. The summed E-state index contributed by atoms with van der Waals surface area (Å²) in [6, 6.07) is 22.1. The van der Waals surface area contributed by atoms with Crippen molar-refractivity contribution in [3.8, 4) is 34.3 Å². The summed E-state index contributed by atoms with van der Waals surface area (Å²) in [6.07, 6.45) is 0. The number of aromatic nitrogens is 3. The van der Waals surface area contributed by atoms with Crippen LogP contribution >= 0.6 is 11.8 Å². The number of hydrogen-bond donors (Lipinski definition) is 0. The summed E-state index contributed by atoms with van der Waals surface area (Å²) < 4.78 is 18.3. The molecule has 164 valence electrons. The maximum Gasteiger partial charge on any atom is 0.196 e. The zero-order chi connectivity index (χ0) is 22.5. The van der Waals surface area contributed by atoms with Gasteiger partial charge in [-0.15, -0.1) is 10.2 Å². The molecule has 0 atom stereocenters. The molecule has 1 aromatic heterocycles. The molecule has 0 bridgehead atoms. The molecular weight excluding hydrogens is 422 g/mol. The van der Waals surface area contributed by atoms with Gasteiger partial charge in [-0.25, -0.2) is 0 Å². The molecule has 0 spiro atoms. The van der Waals surface area contributed by atoms with E-state index in [0.29, 0.717) is 17.3 Å². The van der Waals surface area contributed by atoms with Crippen LogP contribution < -0.4 is 14.2 Å². The first kappa shape index (κ1) is 21.8. The van der Waals surface area contributed by atoms with Crippen LogP contribution in [0.3, 0.4) is 0 Å². The van der Waals surface area contributed by atoms with Gasteiger partial charge in [0.2, 0.25) is 0 Å². The minimum Gasteiger partial charge on any atom is -0.497 e. The number of ether oxygens (including phenoxy) is 3. The number of rotatable bonds is 8. The third-order valence-electron chi connectivity index (χ3n) is 5.02. The standard InChI is InChI=1S/C25H25N3O3S/c1-17-6-5-7-18(12-17)16-32-25-27-26-24(19-13-22(30-3)15-23(14-19)31-4)28(25)20-8-10-21(29-2)11-9-20/h5-15H,16H2,1-4H3. The van der Waals surface area contributed by atoms with E-state index in [1.54, 1.807) is 33.1 Å². The normalized spacial score (nSPS) is 10.8. The Labute approximate surface area is 192 Å². The molecule has 1 heterocycles. The molecule has 0 amide bonds. The van der Waals surface area contributed by atoms with Crippen LogP contribution in [0.4, 0.5) is 0 Å². The highest BCUT2D eigenvalue weighted by molar-refractivity contribution is 7.98. The van der Waals surface area contributed by atoms with Crippen molar-refractivity contribution < 1.29 is 14.2 Å². The fourth-order valence-electron chi connectivity index (χ4n) is 3.40. The molecule has 0 fully saturated rings. The third-order valence-corrected chi connectivity index (χ3v) is 6.02. The Morgan fingerprint density at radius 2 is 1.47 bits per heavy atom. The van der Waals surface area contributed by atoms with Crippen molar-refractivity contribution in [2.45, 2.75) is 17.8 Å². The minimum atomic E-state index is 0.692. The average molecular weight is 448 g/mol. The van der Waals surface area contributed by atoms with Crippen LogP contribution in [0, 0.1) is 6.92 Å². The first-order chi connectivity index (χ1) is 15.6. The summed E-state index contributed by atoms with van der Waals surface area (Å²) in [5.74, 6) is 3.67. The molecule has 7 heteroatoms. The number of methoxy groups -OCH3 is 3. The van der Waals surface area contributed by atoms with E-state index in [2.05, 4.69) is 41.4 Å². The Hall–Kier alpha value is -3.45. The Morgan fingerprint density at radius 1 is 0.781 bits per heavy atom. The van der Waals surface area contributed by atoms with Gasteiger partial charge in [-0.3, -0.25) is 4.57 Å². The summed E-state index contributed by atoms with van der Waals surface area (Å²) in [5, 5.41) is 9.86. The predicted octanol–water partition coefficient (Wildman–Crippen LogP) is 5.56. The molecule has 0 saturated heterocycles. The molecule has 0 radical (unpaired) electrons. The quantitative estimate of drug-likeness (QED) is 0.330. The Kier molecular flexibility index (Phi) is 6.66. The highest BCUT2D eigenvalue weighted by Crippen LogP contribution is 2.34. The number of hydrogen-bond acceptors (Lipinski definition) is 6. The van der Waals surface area contributed by atoms with Crippen LogP contribution in [0.15, 0.2) is 71.9 Å². The molecule has 0 N–H and O–H groups in total. The minimum absolute atomic E-state index is 0.692. The zero-order valence-electron chi connectivity index (χ0n) is 18.5. The van der Waals surface area contributed by atoms with Gasteiger partial charge in [0.15, 0.2) is 11.0 Å². The second-order valence-electron chi connectivity index (χ2n) is 7.22. The van der Waals surface area contributed by atoms with E-state index in [0.717, 1.165) is 27.9 Å². The summed E-state index contributed by atoms with van der Waals surface area (Å²) in [5.41, 5.74) is 4.28. The molecule has 6 nitrogen and oxygen atoms in total. The molecular formula is C25H25N3O3S. The van der Waals surface area contributed by atoms with E-state index in [1.807, 2.05) is 47.0 Å². The second-order valence-corrected chi connectivity index (χ2v) is 8.16. The summed E-state index contributed by atoms with van der Waals surface area (Å²) in [4.78, 5) is 0. The fourth-order valence-corrected chi connectivity index (χ4v) is 4.30. The summed E-state index contributed by atoms with van der Waals surface area (Å²) >= 11 is 1.64. The predicted molar refractivity (Wildman–Crippen MR) is 127 cm³/mol. The summed E-state index contributed by atoms with van der Waals surface area (Å²) in [7, 11) is 4.93. The molecule has 0 saturated carbocycles. The maximum atomic E-state index is 5.46. The smallest absolute Gasteiger partial charge is 0.196 e. The molecule has 3 aromatic carbocycles. The molecule has 32 heavy (non-hydrogen) atoms. The van der Waals surface area contributed by atoms with Crippen LogP contribution in [0.2, 0.25) is 0 Å². The molecule has 0 aliphatic carbocycles. The van der Waals surface area contributed by atoms with E-state index in [-0.39, 0.29) is 0 Å². The monoisotopic (exact) mass is 447 g/mol. The van der Waals surface area contributed by atoms with Crippen molar-refractivity contribution in [2.24, 2.45) is 0 Å². The fraction of sp³-hybridized carbons (Fsp3) is 0.200. The molecule has 4 aromatic rings. The Bertz CT molecular complexity index is 1180. The number of aryl methyl sites for hydroxylation is 1. The van der Waals surface area contributed by atoms with Gasteiger partial charge in [-0.05, 0) is 48.9 Å².